The number of para-hydroxylation sites is 1. The second kappa shape index (κ2) is 8.50. The predicted octanol–water partition coefficient (Wildman–Crippen LogP) is 6.02. The number of aryl methyl sites for hydroxylation is 3. The lowest BCUT2D eigenvalue weighted by molar-refractivity contribution is -0.112. The number of hydrogen-bond donors (Lipinski definition) is 1. The van der Waals surface area contributed by atoms with Crippen molar-refractivity contribution in [1.82, 2.24) is 4.57 Å². The highest BCUT2D eigenvalue weighted by atomic mass is 79.9. The normalized spacial score (nSPS) is 11.2. The fraction of sp³-hybridized carbons (Fsp3) is 0.167. The van der Waals surface area contributed by atoms with E-state index < -0.39 is 5.91 Å². The number of benzene rings is 2. The molecule has 3 rings (SSSR count). The van der Waals surface area contributed by atoms with Crippen LogP contribution in [0.3, 0.4) is 0 Å². The summed E-state index contributed by atoms with van der Waals surface area (Å²) in [4.78, 5) is 12.6. The summed E-state index contributed by atoms with van der Waals surface area (Å²) in [7, 11) is 0. The fourth-order valence-corrected chi connectivity index (χ4v) is 3.74. The molecule has 0 aliphatic rings. The Hall–Kier alpha value is -3.10. The number of carbonyl (C=O) groups is 1. The molecule has 1 heterocycles. The van der Waals surface area contributed by atoms with Crippen molar-refractivity contribution in [1.29, 1.82) is 5.26 Å². The van der Waals surface area contributed by atoms with E-state index >= 15 is 0 Å². The number of aromatic nitrogens is 1. The zero-order chi connectivity index (χ0) is 21.1. The Morgan fingerprint density at radius 2 is 1.69 bits per heavy atom. The molecule has 0 aliphatic heterocycles. The molecule has 0 saturated heterocycles. The molecule has 0 spiro atoms. The van der Waals surface area contributed by atoms with Crippen LogP contribution in [-0.2, 0) is 4.79 Å². The molecule has 1 N–H and O–H groups in total. The highest BCUT2D eigenvalue weighted by Crippen LogP contribution is 2.27. The lowest BCUT2D eigenvalue weighted by Gasteiger charge is -2.15. The molecule has 0 fully saturated rings. The van der Waals surface area contributed by atoms with Gasteiger partial charge >= 0.3 is 0 Å². The second-order valence-corrected chi connectivity index (χ2v) is 7.95. The first-order chi connectivity index (χ1) is 13.8. The Bertz CT molecular complexity index is 1130. The molecule has 29 heavy (non-hydrogen) atoms. The topological polar surface area (TPSA) is 57.8 Å². The van der Waals surface area contributed by atoms with Crippen LogP contribution in [0.1, 0.15) is 28.1 Å². The summed E-state index contributed by atoms with van der Waals surface area (Å²) in [5.74, 6) is -0.424. The standard InChI is InChI=1S/C24H22BrN3O/c1-15-6-5-7-16(2)23(15)28-17(3)12-19(18(28)4)13-20(14-26)24(29)27-22-10-8-21(25)9-11-22/h5-13H,1-4H3,(H,27,29)/b20-13-. The van der Waals surface area contributed by atoms with Crippen LogP contribution >= 0.6 is 15.9 Å². The van der Waals surface area contributed by atoms with Crippen LogP contribution in [0.25, 0.3) is 11.8 Å². The number of halogens is 1. The number of nitrogens with zero attached hydrogens (tertiary/aromatic N) is 2. The van der Waals surface area contributed by atoms with Gasteiger partial charge in [-0.1, -0.05) is 34.1 Å². The first-order valence-corrected chi connectivity index (χ1v) is 10.1. The Labute approximate surface area is 179 Å². The van der Waals surface area contributed by atoms with Crippen LogP contribution in [-0.4, -0.2) is 10.5 Å². The van der Waals surface area contributed by atoms with Gasteiger partial charge in [0.05, 0.1) is 5.69 Å². The Kier molecular flexibility index (Phi) is 6.05. The van der Waals surface area contributed by atoms with Gasteiger partial charge in [-0.05, 0) is 80.8 Å². The molecule has 1 aromatic heterocycles. The van der Waals surface area contributed by atoms with E-state index in [-0.39, 0.29) is 5.57 Å². The minimum Gasteiger partial charge on any atom is -0.321 e. The third-order valence-corrected chi connectivity index (χ3v) is 5.43. The average Bonchev–Trinajstić information content (AvgIpc) is 2.95. The highest BCUT2D eigenvalue weighted by molar-refractivity contribution is 9.10. The van der Waals surface area contributed by atoms with Gasteiger partial charge in [-0.3, -0.25) is 4.79 Å². The first kappa shape index (κ1) is 20.6. The lowest BCUT2D eigenvalue weighted by Crippen LogP contribution is -2.13. The zero-order valence-corrected chi connectivity index (χ0v) is 18.5. The maximum atomic E-state index is 12.6. The quantitative estimate of drug-likeness (QED) is 0.392. The van der Waals surface area contributed by atoms with Gasteiger partial charge in [-0.2, -0.15) is 5.26 Å². The molecule has 1 amide bonds. The van der Waals surface area contributed by atoms with Crippen LogP contribution in [0.2, 0.25) is 0 Å². The van der Waals surface area contributed by atoms with Crippen LogP contribution in [0.15, 0.2) is 58.6 Å². The smallest absolute Gasteiger partial charge is 0.266 e. The van der Waals surface area contributed by atoms with Gasteiger partial charge in [-0.15, -0.1) is 0 Å². The summed E-state index contributed by atoms with van der Waals surface area (Å²) in [6.07, 6.45) is 1.65. The number of rotatable bonds is 4. The van der Waals surface area contributed by atoms with Crippen molar-refractivity contribution in [3.8, 4) is 11.8 Å². The summed E-state index contributed by atoms with van der Waals surface area (Å²) in [6.45, 7) is 8.21. The van der Waals surface area contributed by atoms with Crippen LogP contribution in [0.5, 0.6) is 0 Å². The number of hydrogen-bond acceptors (Lipinski definition) is 2. The highest BCUT2D eigenvalue weighted by Gasteiger charge is 2.16. The molecule has 5 heteroatoms. The van der Waals surface area contributed by atoms with E-state index in [0.717, 1.165) is 27.1 Å². The molecular formula is C24H22BrN3O. The van der Waals surface area contributed by atoms with E-state index in [1.165, 1.54) is 11.1 Å². The first-order valence-electron chi connectivity index (χ1n) is 9.26. The Balaban J connectivity index is 1.98. The third-order valence-electron chi connectivity index (χ3n) is 4.90. The van der Waals surface area contributed by atoms with Crippen molar-refractivity contribution < 1.29 is 4.79 Å². The molecule has 4 nitrogen and oxygen atoms in total. The van der Waals surface area contributed by atoms with E-state index in [9.17, 15) is 10.1 Å². The van der Waals surface area contributed by atoms with Crippen LogP contribution in [0.4, 0.5) is 5.69 Å². The monoisotopic (exact) mass is 447 g/mol. The van der Waals surface area contributed by atoms with Gasteiger partial charge in [0, 0.05) is 21.5 Å². The molecular weight excluding hydrogens is 426 g/mol. The summed E-state index contributed by atoms with van der Waals surface area (Å²) in [5, 5.41) is 12.3. The minimum atomic E-state index is -0.424. The Morgan fingerprint density at radius 1 is 1.07 bits per heavy atom. The molecule has 0 bridgehead atoms. The van der Waals surface area contributed by atoms with Crippen molar-refractivity contribution in [3.63, 3.8) is 0 Å². The predicted molar refractivity (Wildman–Crippen MR) is 121 cm³/mol. The van der Waals surface area contributed by atoms with E-state index in [2.05, 4.69) is 51.8 Å². The van der Waals surface area contributed by atoms with Gasteiger partial charge < -0.3 is 9.88 Å². The SMILES string of the molecule is Cc1cccc(C)c1-n1c(C)cc(/C=C(/C#N)C(=O)Nc2ccc(Br)cc2)c1C. The maximum Gasteiger partial charge on any atom is 0.266 e. The zero-order valence-electron chi connectivity index (χ0n) is 16.9. The van der Waals surface area contributed by atoms with E-state index in [0.29, 0.717) is 5.69 Å². The number of nitriles is 1. The van der Waals surface area contributed by atoms with Crippen LogP contribution < -0.4 is 5.32 Å². The number of nitrogens with one attached hydrogen (secondary N) is 1. The summed E-state index contributed by atoms with van der Waals surface area (Å²) in [5.41, 5.74) is 7.09. The Morgan fingerprint density at radius 3 is 2.28 bits per heavy atom. The van der Waals surface area contributed by atoms with E-state index in [4.69, 9.17) is 0 Å². The molecule has 0 saturated carbocycles. The van der Waals surface area contributed by atoms with Crippen molar-refractivity contribution in [3.05, 3.63) is 86.7 Å². The van der Waals surface area contributed by atoms with Gasteiger partial charge in [-0.25, -0.2) is 0 Å². The van der Waals surface area contributed by atoms with Gasteiger partial charge in [0.15, 0.2) is 0 Å². The van der Waals surface area contributed by atoms with Crippen molar-refractivity contribution >= 4 is 33.6 Å². The van der Waals surface area contributed by atoms with E-state index in [1.807, 2.05) is 44.2 Å². The molecule has 2 aromatic carbocycles. The van der Waals surface area contributed by atoms with Crippen molar-refractivity contribution in [2.45, 2.75) is 27.7 Å². The number of amides is 1. The molecule has 0 aliphatic carbocycles. The minimum absolute atomic E-state index is 0.0645. The molecule has 3 aromatic rings. The maximum absolute atomic E-state index is 12.6. The van der Waals surface area contributed by atoms with Crippen LogP contribution in [0, 0.1) is 39.0 Å². The summed E-state index contributed by atoms with van der Waals surface area (Å²) in [6, 6.07) is 17.5. The third kappa shape index (κ3) is 4.33. The van der Waals surface area contributed by atoms with Gasteiger partial charge in [0.25, 0.3) is 5.91 Å². The molecule has 0 unspecified atom stereocenters. The van der Waals surface area contributed by atoms with E-state index in [1.54, 1.807) is 18.2 Å². The fourth-order valence-electron chi connectivity index (χ4n) is 3.47. The summed E-state index contributed by atoms with van der Waals surface area (Å²) >= 11 is 3.37. The number of anilines is 1. The molecule has 0 atom stereocenters. The summed E-state index contributed by atoms with van der Waals surface area (Å²) < 4.78 is 3.10. The van der Waals surface area contributed by atoms with Gasteiger partial charge in [0.1, 0.15) is 11.6 Å². The molecule has 146 valence electrons. The second-order valence-electron chi connectivity index (χ2n) is 7.03. The molecule has 0 radical (unpaired) electrons. The lowest BCUT2D eigenvalue weighted by atomic mass is 10.1. The number of carbonyl (C=O) groups excluding carboxylic acids is 1. The largest absolute Gasteiger partial charge is 0.321 e. The van der Waals surface area contributed by atoms with Crippen molar-refractivity contribution in [2.75, 3.05) is 5.32 Å². The van der Waals surface area contributed by atoms with Crippen molar-refractivity contribution in [2.24, 2.45) is 0 Å². The van der Waals surface area contributed by atoms with Gasteiger partial charge in [0.2, 0.25) is 0 Å². The average molecular weight is 448 g/mol.